The number of carbonyl (C=O) groups excluding carboxylic acids is 2. The Labute approximate surface area is 422 Å². The van der Waals surface area contributed by atoms with Gasteiger partial charge in [0.1, 0.15) is 6.61 Å². The Bertz CT molecular complexity index is 1300. The zero-order chi connectivity index (χ0) is 49.2. The Morgan fingerprint density at radius 2 is 0.691 bits per heavy atom. The molecule has 0 heterocycles. The smallest absolute Gasteiger partial charge is 0.306 e. The van der Waals surface area contributed by atoms with Crippen LogP contribution in [0.4, 0.5) is 0 Å². The summed E-state index contributed by atoms with van der Waals surface area (Å²) in [6.45, 7) is 7.52. The largest absolute Gasteiger partial charge is 0.462 e. The summed E-state index contributed by atoms with van der Waals surface area (Å²) in [7, 11) is 0. The van der Waals surface area contributed by atoms with Crippen molar-refractivity contribution in [1.29, 1.82) is 0 Å². The van der Waals surface area contributed by atoms with Gasteiger partial charge in [-0.1, -0.05) is 259 Å². The Kier molecular flexibility index (Phi) is 55.4. The van der Waals surface area contributed by atoms with Crippen molar-refractivity contribution in [3.63, 3.8) is 0 Å². The van der Waals surface area contributed by atoms with Crippen LogP contribution in [0.25, 0.3) is 0 Å². The van der Waals surface area contributed by atoms with Crippen LogP contribution in [-0.2, 0) is 23.8 Å². The van der Waals surface area contributed by atoms with Crippen molar-refractivity contribution >= 4 is 11.9 Å². The van der Waals surface area contributed by atoms with E-state index in [1.807, 2.05) is 0 Å². The van der Waals surface area contributed by atoms with Crippen LogP contribution in [0.2, 0.25) is 0 Å². The quantitative estimate of drug-likeness (QED) is 0.0345. The molecule has 1 unspecified atom stereocenters. The molecule has 5 heteroatoms. The van der Waals surface area contributed by atoms with Crippen molar-refractivity contribution in [3.8, 4) is 0 Å². The minimum Gasteiger partial charge on any atom is -0.462 e. The van der Waals surface area contributed by atoms with Crippen molar-refractivity contribution < 1.29 is 23.8 Å². The molecule has 0 saturated carbocycles. The highest BCUT2D eigenvalue weighted by molar-refractivity contribution is 5.70. The van der Waals surface area contributed by atoms with Gasteiger partial charge in [-0.3, -0.25) is 9.59 Å². The Morgan fingerprint density at radius 3 is 1.12 bits per heavy atom. The van der Waals surface area contributed by atoms with Crippen molar-refractivity contribution in [2.45, 2.75) is 271 Å². The maximum absolute atomic E-state index is 12.8. The number of rotatable bonds is 52. The molecule has 0 spiro atoms. The van der Waals surface area contributed by atoms with Crippen LogP contribution in [0.1, 0.15) is 265 Å². The number of esters is 2. The summed E-state index contributed by atoms with van der Waals surface area (Å²) in [6, 6.07) is 0. The second-order valence-electron chi connectivity index (χ2n) is 18.8. The van der Waals surface area contributed by atoms with Gasteiger partial charge in [-0.05, 0) is 89.9 Å². The Hall–Kier alpha value is -3.18. The number of allylic oxidation sites excluding steroid dienone is 16. The molecule has 0 aromatic heterocycles. The van der Waals surface area contributed by atoms with E-state index in [1.54, 1.807) is 0 Å². The van der Waals surface area contributed by atoms with E-state index < -0.39 is 6.10 Å². The third-order valence-electron chi connectivity index (χ3n) is 12.1. The summed E-state index contributed by atoms with van der Waals surface area (Å²) >= 11 is 0. The average molecular weight is 946 g/mol. The predicted octanol–water partition coefficient (Wildman–Crippen LogP) is 19.8. The van der Waals surface area contributed by atoms with Crippen LogP contribution in [0.5, 0.6) is 0 Å². The molecule has 0 aliphatic carbocycles. The summed E-state index contributed by atoms with van der Waals surface area (Å²) in [5.74, 6) is -0.441. The van der Waals surface area contributed by atoms with E-state index in [-0.39, 0.29) is 25.2 Å². The summed E-state index contributed by atoms with van der Waals surface area (Å²) in [5.41, 5.74) is 0. The molecule has 0 N–H and O–H groups in total. The van der Waals surface area contributed by atoms with Crippen molar-refractivity contribution in [2.24, 2.45) is 0 Å². The standard InChI is InChI=1S/C63H108O5/c1-4-7-10-13-16-19-22-25-27-29-31-33-35-37-40-43-46-49-52-55-58-66-59-61(68-63(65)57-54-51-48-45-42-38-24-21-18-15-12-9-6-3)60-67-62(64)56-53-50-47-44-41-39-36-34-32-30-28-26-23-20-17-14-11-8-5-2/h7,10,12,15-16,19,21,24-25,27,31,33,37,40,46,49,61H,4-6,8-9,11,13-14,17-18,20,22-23,26,28-30,32,34-36,38-39,41-45,47-48,50-60H2,1-3H3/b10-7-,15-12-,19-16-,24-21-,27-25-,33-31-,40-37-,49-46-. The Balaban J connectivity index is 4.34. The summed E-state index contributed by atoms with van der Waals surface area (Å²) in [5, 5.41) is 0. The number of ether oxygens (including phenoxy) is 3. The molecule has 0 fully saturated rings. The molecule has 390 valence electrons. The summed E-state index contributed by atoms with van der Waals surface area (Å²) in [6.07, 6.45) is 78.7. The first-order valence-electron chi connectivity index (χ1n) is 28.8. The molecule has 0 aromatic rings. The first-order valence-corrected chi connectivity index (χ1v) is 28.8. The first kappa shape index (κ1) is 64.8. The molecule has 0 radical (unpaired) electrons. The zero-order valence-corrected chi connectivity index (χ0v) is 44.8. The lowest BCUT2D eigenvalue weighted by atomic mass is 10.0. The van der Waals surface area contributed by atoms with Crippen LogP contribution in [0, 0.1) is 0 Å². The lowest BCUT2D eigenvalue weighted by Gasteiger charge is -2.18. The van der Waals surface area contributed by atoms with Gasteiger partial charge >= 0.3 is 11.9 Å². The monoisotopic (exact) mass is 945 g/mol. The molecule has 0 aliphatic heterocycles. The number of hydrogen-bond donors (Lipinski definition) is 0. The molecule has 0 bridgehead atoms. The third kappa shape index (κ3) is 55.4. The molecule has 5 nitrogen and oxygen atoms in total. The maximum atomic E-state index is 12.8. The normalized spacial score (nSPS) is 12.9. The van der Waals surface area contributed by atoms with Gasteiger partial charge in [0.05, 0.1) is 6.61 Å². The van der Waals surface area contributed by atoms with E-state index in [1.165, 1.54) is 128 Å². The summed E-state index contributed by atoms with van der Waals surface area (Å²) < 4.78 is 17.4. The highest BCUT2D eigenvalue weighted by atomic mass is 16.6. The van der Waals surface area contributed by atoms with Crippen molar-refractivity contribution in [2.75, 3.05) is 19.8 Å². The van der Waals surface area contributed by atoms with Crippen molar-refractivity contribution in [1.82, 2.24) is 0 Å². The fourth-order valence-corrected chi connectivity index (χ4v) is 7.86. The minimum absolute atomic E-state index is 0.0543. The van der Waals surface area contributed by atoms with Crippen molar-refractivity contribution in [3.05, 3.63) is 97.2 Å². The molecule has 1 atom stereocenters. The fourth-order valence-electron chi connectivity index (χ4n) is 7.86. The van der Waals surface area contributed by atoms with E-state index in [9.17, 15) is 9.59 Å². The van der Waals surface area contributed by atoms with Crippen LogP contribution < -0.4 is 0 Å². The van der Waals surface area contributed by atoms with Gasteiger partial charge in [-0.2, -0.15) is 0 Å². The highest BCUT2D eigenvalue weighted by Crippen LogP contribution is 2.16. The van der Waals surface area contributed by atoms with Gasteiger partial charge in [-0.15, -0.1) is 0 Å². The molecule has 0 saturated heterocycles. The second-order valence-corrected chi connectivity index (χ2v) is 18.8. The molecule has 0 aliphatic rings. The van der Waals surface area contributed by atoms with Crippen LogP contribution in [0.15, 0.2) is 97.2 Å². The molecule has 0 rings (SSSR count). The van der Waals surface area contributed by atoms with Gasteiger partial charge in [-0.25, -0.2) is 0 Å². The van der Waals surface area contributed by atoms with Crippen LogP contribution in [0.3, 0.4) is 0 Å². The number of carbonyl (C=O) groups is 2. The lowest BCUT2D eigenvalue weighted by Crippen LogP contribution is -2.30. The SMILES string of the molecule is CC/C=C\C/C=C\C/C=C\C/C=C\C/C=C\C/C=C\CCCOCC(COC(=O)CCCCCCCCCCCCCCCCCCCCC)OC(=O)CCCCCCC/C=C\C/C=C\CCC. The second kappa shape index (κ2) is 58.1. The lowest BCUT2D eigenvalue weighted by molar-refractivity contribution is -0.163. The van der Waals surface area contributed by atoms with Gasteiger partial charge in [0.15, 0.2) is 6.10 Å². The molecule has 0 aromatic carbocycles. The van der Waals surface area contributed by atoms with E-state index in [0.29, 0.717) is 19.4 Å². The van der Waals surface area contributed by atoms with Gasteiger partial charge < -0.3 is 14.2 Å². The molecular formula is C63H108O5. The van der Waals surface area contributed by atoms with Gasteiger partial charge in [0.2, 0.25) is 0 Å². The fraction of sp³-hybridized carbons (Fsp3) is 0.714. The van der Waals surface area contributed by atoms with E-state index in [2.05, 4.69) is 118 Å². The van der Waals surface area contributed by atoms with Gasteiger partial charge in [0.25, 0.3) is 0 Å². The van der Waals surface area contributed by atoms with E-state index in [0.717, 1.165) is 103 Å². The summed E-state index contributed by atoms with van der Waals surface area (Å²) in [4.78, 5) is 25.5. The maximum Gasteiger partial charge on any atom is 0.306 e. The highest BCUT2D eigenvalue weighted by Gasteiger charge is 2.17. The third-order valence-corrected chi connectivity index (χ3v) is 12.1. The van der Waals surface area contributed by atoms with E-state index in [4.69, 9.17) is 14.2 Å². The molecular weight excluding hydrogens is 837 g/mol. The van der Waals surface area contributed by atoms with E-state index >= 15 is 0 Å². The first-order chi connectivity index (χ1) is 33.6. The van der Waals surface area contributed by atoms with Gasteiger partial charge in [0, 0.05) is 19.4 Å². The Morgan fingerprint density at radius 1 is 0.338 bits per heavy atom. The average Bonchev–Trinajstić information content (AvgIpc) is 3.34. The minimum atomic E-state index is -0.578. The predicted molar refractivity (Wildman–Crippen MR) is 297 cm³/mol. The van der Waals surface area contributed by atoms with Crippen LogP contribution in [-0.4, -0.2) is 37.9 Å². The number of unbranched alkanes of at least 4 members (excludes halogenated alkanes) is 25. The van der Waals surface area contributed by atoms with Crippen LogP contribution >= 0.6 is 0 Å². The zero-order valence-electron chi connectivity index (χ0n) is 44.8. The molecule has 68 heavy (non-hydrogen) atoms. The number of hydrogen-bond acceptors (Lipinski definition) is 5. The molecule has 0 amide bonds. The topological polar surface area (TPSA) is 61.8 Å².